The maximum absolute atomic E-state index is 10.7. The maximum atomic E-state index is 10.7. The molecule has 7 nitrogen and oxygen atoms in total. The molecule has 3 aromatic carbocycles. The van der Waals surface area contributed by atoms with Crippen molar-refractivity contribution in [3.05, 3.63) is 96.3 Å². The number of ether oxygens (including phenoxy) is 2. The Morgan fingerprint density at radius 3 is 2.00 bits per heavy atom. The van der Waals surface area contributed by atoms with E-state index in [2.05, 4.69) is 53.4 Å². The molecule has 0 fully saturated rings. The van der Waals surface area contributed by atoms with E-state index in [0.717, 1.165) is 33.2 Å². The molecular formula is C31H32N4O3. The largest absolute Gasteiger partial charge is 0.497 e. The number of hydrogen-bond acceptors (Lipinski definition) is 7. The molecule has 0 saturated heterocycles. The van der Waals surface area contributed by atoms with Crippen molar-refractivity contribution in [2.45, 2.75) is 25.4 Å². The van der Waals surface area contributed by atoms with E-state index in [-0.39, 0.29) is 18.6 Å². The molecule has 1 atom stereocenters. The molecule has 5 rings (SSSR count). The molecule has 38 heavy (non-hydrogen) atoms. The van der Waals surface area contributed by atoms with Gasteiger partial charge in [-0.15, -0.1) is 0 Å². The lowest BCUT2D eigenvalue weighted by molar-refractivity contribution is 0.117. The number of aliphatic hydroxyl groups is 1. The molecule has 0 saturated carbocycles. The van der Waals surface area contributed by atoms with E-state index < -0.39 is 6.10 Å². The number of rotatable bonds is 9. The number of hydrogen-bond donors (Lipinski definition) is 3. The minimum Gasteiger partial charge on any atom is -0.497 e. The van der Waals surface area contributed by atoms with Crippen LogP contribution < -0.4 is 20.5 Å². The first-order valence-electron chi connectivity index (χ1n) is 12.6. The highest BCUT2D eigenvalue weighted by Gasteiger charge is 2.23. The fraction of sp³-hybridized carbons (Fsp3) is 0.226. The number of nitrogens with zero attached hydrogens (tertiary/aromatic N) is 2. The number of anilines is 2. The molecule has 0 amide bonds. The van der Waals surface area contributed by atoms with Crippen LogP contribution in [0.5, 0.6) is 11.5 Å². The molecule has 2 aromatic heterocycles. The number of benzene rings is 3. The van der Waals surface area contributed by atoms with Crippen LogP contribution in [0.1, 0.15) is 25.0 Å². The summed E-state index contributed by atoms with van der Waals surface area (Å²) in [5, 5.41) is 15.6. The Bertz CT molecular complexity index is 1550. The second-order valence-electron chi connectivity index (χ2n) is 9.81. The van der Waals surface area contributed by atoms with Gasteiger partial charge in [-0.05, 0) is 59.7 Å². The topological polar surface area (TPSA) is 103 Å². The van der Waals surface area contributed by atoms with Crippen LogP contribution in [-0.2, 0) is 5.41 Å². The van der Waals surface area contributed by atoms with Crippen LogP contribution in [0.25, 0.3) is 21.8 Å². The van der Waals surface area contributed by atoms with E-state index in [1.54, 1.807) is 19.5 Å². The zero-order valence-corrected chi connectivity index (χ0v) is 21.8. The highest BCUT2D eigenvalue weighted by molar-refractivity contribution is 6.16. The minimum atomic E-state index is -0.749. The summed E-state index contributed by atoms with van der Waals surface area (Å²) in [6.07, 6.45) is 2.72. The van der Waals surface area contributed by atoms with Gasteiger partial charge in [0.05, 0.1) is 29.5 Å². The normalized spacial score (nSPS) is 12.4. The summed E-state index contributed by atoms with van der Waals surface area (Å²) in [6, 6.07) is 23.7. The smallest absolute Gasteiger partial charge is 0.119 e. The van der Waals surface area contributed by atoms with Gasteiger partial charge in [0.25, 0.3) is 0 Å². The second-order valence-corrected chi connectivity index (χ2v) is 9.81. The maximum Gasteiger partial charge on any atom is 0.119 e. The third-order valence-corrected chi connectivity index (χ3v) is 7.01. The summed E-state index contributed by atoms with van der Waals surface area (Å²) >= 11 is 0. The summed E-state index contributed by atoms with van der Waals surface area (Å²) in [5.41, 5.74) is 11.5. The molecular weight excluding hydrogens is 476 g/mol. The molecule has 0 aliphatic carbocycles. The quantitative estimate of drug-likeness (QED) is 0.136. The van der Waals surface area contributed by atoms with Crippen molar-refractivity contribution in [3.8, 4) is 11.5 Å². The molecule has 0 spiro atoms. The summed E-state index contributed by atoms with van der Waals surface area (Å²) in [6.45, 7) is 4.78. The Hall–Kier alpha value is -4.36. The van der Waals surface area contributed by atoms with Crippen LogP contribution in [0.15, 0.2) is 85.2 Å². The number of nitrogens with two attached hydrogens (primary N) is 1. The number of fused-ring (bicyclic) bond motifs is 3. The summed E-state index contributed by atoms with van der Waals surface area (Å²) in [5.74, 6) is 1.54. The fourth-order valence-corrected chi connectivity index (χ4v) is 4.69. The van der Waals surface area contributed by atoms with Gasteiger partial charge in [-0.3, -0.25) is 9.97 Å². The molecule has 0 aliphatic rings. The fourth-order valence-electron chi connectivity index (χ4n) is 4.69. The van der Waals surface area contributed by atoms with Crippen LogP contribution in [0.3, 0.4) is 0 Å². The summed E-state index contributed by atoms with van der Waals surface area (Å²) in [7, 11) is 1.67. The average molecular weight is 509 g/mol. The molecule has 4 N–H and O–H groups in total. The van der Waals surface area contributed by atoms with Crippen LogP contribution in [0, 0.1) is 0 Å². The van der Waals surface area contributed by atoms with Crippen molar-refractivity contribution in [2.24, 2.45) is 0 Å². The zero-order chi connectivity index (χ0) is 26.7. The number of nitrogen functional groups attached to an aromatic ring is 1. The van der Waals surface area contributed by atoms with Crippen LogP contribution >= 0.6 is 0 Å². The first kappa shape index (κ1) is 25.3. The monoisotopic (exact) mass is 508 g/mol. The highest BCUT2D eigenvalue weighted by Crippen LogP contribution is 2.36. The van der Waals surface area contributed by atoms with Crippen LogP contribution in [0.2, 0.25) is 0 Å². The van der Waals surface area contributed by atoms with E-state index >= 15 is 0 Å². The van der Waals surface area contributed by atoms with E-state index in [1.165, 1.54) is 11.1 Å². The Balaban J connectivity index is 1.24. The van der Waals surface area contributed by atoms with Gasteiger partial charge in [-0.1, -0.05) is 38.1 Å². The van der Waals surface area contributed by atoms with Gasteiger partial charge in [-0.2, -0.15) is 0 Å². The van der Waals surface area contributed by atoms with E-state index in [4.69, 9.17) is 15.2 Å². The second kappa shape index (κ2) is 10.6. The molecule has 0 radical (unpaired) electrons. The Morgan fingerprint density at radius 1 is 0.842 bits per heavy atom. The van der Waals surface area contributed by atoms with Crippen LogP contribution in [-0.4, -0.2) is 41.4 Å². The van der Waals surface area contributed by atoms with Crippen molar-refractivity contribution in [3.63, 3.8) is 0 Å². The number of aliphatic hydroxyl groups excluding tert-OH is 1. The molecule has 2 heterocycles. The number of nitrogens with one attached hydrogen (secondary N) is 1. The lowest BCUT2D eigenvalue weighted by atomic mass is 9.78. The minimum absolute atomic E-state index is 0.138. The average Bonchev–Trinajstić information content (AvgIpc) is 2.96. The number of aromatic nitrogens is 2. The van der Waals surface area contributed by atoms with Crippen molar-refractivity contribution < 1.29 is 14.6 Å². The summed E-state index contributed by atoms with van der Waals surface area (Å²) in [4.78, 5) is 8.98. The first-order valence-corrected chi connectivity index (χ1v) is 12.6. The van der Waals surface area contributed by atoms with E-state index in [1.807, 2.05) is 48.5 Å². The van der Waals surface area contributed by atoms with Crippen molar-refractivity contribution in [1.29, 1.82) is 0 Å². The molecule has 7 heteroatoms. The van der Waals surface area contributed by atoms with Gasteiger partial charge in [0.2, 0.25) is 0 Å². The van der Waals surface area contributed by atoms with E-state index in [9.17, 15) is 5.11 Å². The number of methoxy groups -OCH3 is 1. The lowest BCUT2D eigenvalue weighted by Gasteiger charge is -2.26. The molecule has 194 valence electrons. The van der Waals surface area contributed by atoms with E-state index in [0.29, 0.717) is 11.4 Å². The third-order valence-electron chi connectivity index (χ3n) is 7.01. The predicted molar refractivity (Wildman–Crippen MR) is 153 cm³/mol. The van der Waals surface area contributed by atoms with Crippen molar-refractivity contribution in [1.82, 2.24) is 9.97 Å². The highest BCUT2D eigenvalue weighted by atomic mass is 16.5. The van der Waals surface area contributed by atoms with Crippen LogP contribution in [0.4, 0.5) is 11.4 Å². The first-order chi connectivity index (χ1) is 18.4. The molecule has 0 bridgehead atoms. The lowest BCUT2D eigenvalue weighted by Crippen LogP contribution is -2.26. The zero-order valence-electron chi connectivity index (χ0n) is 21.8. The molecule has 5 aromatic rings. The third kappa shape index (κ3) is 4.93. The van der Waals surface area contributed by atoms with Gasteiger partial charge >= 0.3 is 0 Å². The Morgan fingerprint density at radius 2 is 1.39 bits per heavy atom. The van der Waals surface area contributed by atoms with Gasteiger partial charge in [0.15, 0.2) is 0 Å². The van der Waals surface area contributed by atoms with Gasteiger partial charge < -0.3 is 25.6 Å². The van der Waals surface area contributed by atoms with Gasteiger partial charge in [-0.25, -0.2) is 0 Å². The van der Waals surface area contributed by atoms with Crippen molar-refractivity contribution in [2.75, 3.05) is 31.3 Å². The van der Waals surface area contributed by atoms with Crippen molar-refractivity contribution >= 4 is 33.2 Å². The predicted octanol–water partition coefficient (Wildman–Crippen LogP) is 5.55. The van der Waals surface area contributed by atoms with Gasteiger partial charge in [0.1, 0.15) is 24.2 Å². The molecule has 1 unspecified atom stereocenters. The van der Waals surface area contributed by atoms with Gasteiger partial charge in [0, 0.05) is 35.1 Å². The Labute approximate surface area is 222 Å². The standard InChI is InChI=1S/C31H32N4O3/c1-31(2,20-8-12-23(37-3)13-9-20)21-10-14-24(15-11-21)38-19-22(36)18-35-28-26-7-5-17-34-30(26)29-25(27(28)32)6-4-16-33-29/h4-17,22,35-36H,18-19,32H2,1-3H3. The SMILES string of the molecule is COc1ccc(C(C)(C)c2ccc(OCC(O)CNc3c(N)c4cccnc4c4ncccc34)cc2)cc1. The summed E-state index contributed by atoms with van der Waals surface area (Å²) < 4.78 is 11.2. The number of pyridine rings is 2. The molecule has 0 aliphatic heterocycles. The Kier molecular flexibility index (Phi) is 7.03.